The molecule has 15 nitrogen and oxygen atoms in total. The van der Waals surface area contributed by atoms with Crippen molar-refractivity contribution in [1.29, 1.82) is 0 Å². The van der Waals surface area contributed by atoms with Crippen molar-refractivity contribution in [3.8, 4) is 11.5 Å². The molecule has 1 aromatic carbocycles. The van der Waals surface area contributed by atoms with Crippen LogP contribution in [0.15, 0.2) is 31.4 Å². The van der Waals surface area contributed by atoms with Gasteiger partial charge in [0.05, 0.1) is 28.0 Å². The first-order valence-corrected chi connectivity index (χ1v) is 10.3. The molecule has 0 spiro atoms. The summed E-state index contributed by atoms with van der Waals surface area (Å²) in [5.74, 6) is -2.32. The summed E-state index contributed by atoms with van der Waals surface area (Å²) in [4.78, 5) is 53.9. The molecule has 0 atom stereocenters. The molecular formula is C20H25N5O10. The third-order valence-corrected chi connectivity index (χ3v) is 4.35. The Balaban J connectivity index is 3.08. The zero-order valence-corrected chi connectivity index (χ0v) is 18.7. The van der Waals surface area contributed by atoms with Gasteiger partial charge in [0.25, 0.3) is 11.5 Å². The standard InChI is InChI=1S/C20H25N5O10/c1-3-16(26)21-9-5-7-11-34-19-14(23(28)29)13-15(24(30)31)20(18(19)25(32)33)35-12-8-6-10-22-17(27)4-2/h3-4,13H,1-2,5-12H2,(H,21,26)(H,22,27). The minimum atomic E-state index is -1.04. The predicted octanol–water partition coefficient (Wildman–Crippen LogP) is 2.33. The molecule has 1 rings (SSSR count). The van der Waals surface area contributed by atoms with Crippen molar-refractivity contribution in [3.05, 3.63) is 61.7 Å². The molecule has 0 aliphatic rings. The smallest absolute Gasteiger partial charge is 0.367 e. The van der Waals surface area contributed by atoms with Gasteiger partial charge in [0.15, 0.2) is 0 Å². The molecular weight excluding hydrogens is 470 g/mol. The van der Waals surface area contributed by atoms with Gasteiger partial charge in [0.1, 0.15) is 6.07 Å². The highest BCUT2D eigenvalue weighted by Crippen LogP contribution is 2.49. The van der Waals surface area contributed by atoms with Gasteiger partial charge in [-0.1, -0.05) is 13.2 Å². The maximum absolute atomic E-state index is 11.8. The quantitative estimate of drug-likeness (QED) is 0.139. The summed E-state index contributed by atoms with van der Waals surface area (Å²) in [6, 6.07) is 0.548. The maximum atomic E-state index is 11.8. The highest BCUT2D eigenvalue weighted by atomic mass is 16.6. The summed E-state index contributed by atoms with van der Waals surface area (Å²) < 4.78 is 10.6. The molecule has 15 heteroatoms. The van der Waals surface area contributed by atoms with Crippen molar-refractivity contribution < 1.29 is 33.8 Å². The summed E-state index contributed by atoms with van der Waals surface area (Å²) >= 11 is 0. The molecule has 0 aromatic heterocycles. The first kappa shape index (κ1) is 28.5. The third kappa shape index (κ3) is 9.07. The number of amides is 2. The molecule has 2 N–H and O–H groups in total. The van der Waals surface area contributed by atoms with Crippen molar-refractivity contribution >= 4 is 28.9 Å². The summed E-state index contributed by atoms with van der Waals surface area (Å²) in [5, 5.41) is 39.8. The fourth-order valence-electron chi connectivity index (χ4n) is 2.70. The number of nitrogens with one attached hydrogen (secondary N) is 2. The number of nitro groups is 3. The van der Waals surface area contributed by atoms with E-state index in [1.54, 1.807) is 0 Å². The molecule has 0 aliphatic carbocycles. The number of nitrogens with zero attached hydrogens (tertiary/aromatic N) is 3. The minimum Gasteiger partial charge on any atom is -0.482 e. The molecule has 0 saturated carbocycles. The molecule has 0 radical (unpaired) electrons. The minimum absolute atomic E-state index is 0.202. The van der Waals surface area contributed by atoms with Gasteiger partial charge in [-0.25, -0.2) is 0 Å². The van der Waals surface area contributed by atoms with Gasteiger partial charge in [0.2, 0.25) is 11.8 Å². The average Bonchev–Trinajstić information content (AvgIpc) is 2.81. The highest BCUT2D eigenvalue weighted by Gasteiger charge is 2.39. The van der Waals surface area contributed by atoms with Crippen LogP contribution in [0.25, 0.3) is 0 Å². The number of unbranched alkanes of at least 4 members (excludes halogenated alkanes) is 2. The van der Waals surface area contributed by atoms with E-state index < -0.39 is 55.1 Å². The van der Waals surface area contributed by atoms with Gasteiger partial charge in [0, 0.05) is 13.1 Å². The van der Waals surface area contributed by atoms with Crippen molar-refractivity contribution in [1.82, 2.24) is 10.6 Å². The van der Waals surface area contributed by atoms with Gasteiger partial charge >= 0.3 is 17.1 Å². The molecule has 1 aromatic rings. The largest absolute Gasteiger partial charge is 0.482 e. The summed E-state index contributed by atoms with van der Waals surface area (Å²) in [6.45, 7) is 6.69. The van der Waals surface area contributed by atoms with Gasteiger partial charge < -0.3 is 20.1 Å². The first-order valence-electron chi connectivity index (χ1n) is 10.3. The zero-order chi connectivity index (χ0) is 26.4. The van der Waals surface area contributed by atoms with E-state index in [2.05, 4.69) is 23.8 Å². The summed E-state index contributed by atoms with van der Waals surface area (Å²) in [7, 11) is 0. The second-order valence-electron chi connectivity index (χ2n) is 6.79. The summed E-state index contributed by atoms with van der Waals surface area (Å²) in [6.07, 6.45) is 3.46. The number of hydrogen-bond acceptors (Lipinski definition) is 10. The highest BCUT2D eigenvalue weighted by molar-refractivity contribution is 5.87. The van der Waals surface area contributed by atoms with Crippen molar-refractivity contribution in [2.45, 2.75) is 25.7 Å². The SMILES string of the molecule is C=CC(=O)NCCCCOc1c([N+](=O)[O-])cc([N+](=O)[O-])c(OCCCCNC(=O)C=C)c1[N+](=O)[O-]. The second-order valence-corrected chi connectivity index (χ2v) is 6.79. The van der Waals surface area contributed by atoms with Crippen LogP contribution in [0.5, 0.6) is 11.5 Å². The Morgan fingerprint density at radius 1 is 0.771 bits per heavy atom. The number of ether oxygens (including phenoxy) is 2. The Labute approximate surface area is 199 Å². The Morgan fingerprint density at radius 3 is 1.49 bits per heavy atom. The van der Waals surface area contributed by atoms with E-state index in [9.17, 15) is 39.9 Å². The van der Waals surface area contributed by atoms with Crippen LogP contribution in [0.4, 0.5) is 17.1 Å². The number of nitro benzene ring substituents is 3. The van der Waals surface area contributed by atoms with Crippen LogP contribution in [0.3, 0.4) is 0 Å². The maximum Gasteiger partial charge on any atom is 0.367 e. The fraction of sp³-hybridized carbons (Fsp3) is 0.400. The van der Waals surface area contributed by atoms with Gasteiger partial charge in [-0.3, -0.25) is 39.9 Å². The summed E-state index contributed by atoms with van der Waals surface area (Å²) in [5.41, 5.74) is -2.95. The molecule has 0 saturated heterocycles. The molecule has 2 amide bonds. The van der Waals surface area contributed by atoms with Crippen LogP contribution in [0.1, 0.15) is 25.7 Å². The lowest BCUT2D eigenvalue weighted by Gasteiger charge is -2.12. The van der Waals surface area contributed by atoms with Crippen LogP contribution in [-0.2, 0) is 9.59 Å². The Bertz CT molecular complexity index is 927. The van der Waals surface area contributed by atoms with Gasteiger partial charge in [-0.15, -0.1) is 0 Å². The average molecular weight is 495 g/mol. The lowest BCUT2D eigenvalue weighted by molar-refractivity contribution is -0.405. The van der Waals surface area contributed by atoms with E-state index in [1.165, 1.54) is 0 Å². The van der Waals surface area contributed by atoms with Crippen LogP contribution < -0.4 is 20.1 Å². The first-order chi connectivity index (χ1) is 16.6. The van der Waals surface area contributed by atoms with Gasteiger partial charge in [-0.2, -0.15) is 0 Å². The fourth-order valence-corrected chi connectivity index (χ4v) is 2.70. The Hall–Kier alpha value is -4.56. The van der Waals surface area contributed by atoms with Crippen molar-refractivity contribution in [2.75, 3.05) is 26.3 Å². The second kappa shape index (κ2) is 14.6. The number of carbonyl (C=O) groups is 2. The van der Waals surface area contributed by atoms with Crippen LogP contribution in [0, 0.1) is 30.3 Å². The topological polar surface area (TPSA) is 206 Å². The molecule has 190 valence electrons. The molecule has 0 unspecified atom stereocenters. The lowest BCUT2D eigenvalue weighted by atomic mass is 10.2. The van der Waals surface area contributed by atoms with Crippen LogP contribution >= 0.6 is 0 Å². The molecule has 0 bridgehead atoms. The molecule has 0 aliphatic heterocycles. The van der Waals surface area contributed by atoms with Crippen molar-refractivity contribution in [2.24, 2.45) is 0 Å². The van der Waals surface area contributed by atoms with E-state index in [0.29, 0.717) is 18.9 Å². The molecule has 35 heavy (non-hydrogen) atoms. The normalized spacial score (nSPS) is 10.1. The molecule has 0 fully saturated rings. The Morgan fingerprint density at radius 2 is 1.17 bits per heavy atom. The van der Waals surface area contributed by atoms with Crippen LogP contribution in [0.2, 0.25) is 0 Å². The monoisotopic (exact) mass is 495 g/mol. The van der Waals surface area contributed by atoms with Crippen molar-refractivity contribution in [3.63, 3.8) is 0 Å². The number of hydrogen-bond donors (Lipinski definition) is 2. The number of rotatable bonds is 17. The predicted molar refractivity (Wildman–Crippen MR) is 122 cm³/mol. The molecule has 0 heterocycles. The lowest BCUT2D eigenvalue weighted by Crippen LogP contribution is -2.22. The van der Waals surface area contributed by atoms with E-state index in [-0.39, 0.29) is 39.1 Å². The van der Waals surface area contributed by atoms with Crippen LogP contribution in [-0.4, -0.2) is 52.9 Å². The van der Waals surface area contributed by atoms with Gasteiger partial charge in [-0.05, 0) is 37.8 Å². The number of carbonyl (C=O) groups excluding carboxylic acids is 2. The Kier molecular flexibility index (Phi) is 11.8. The van der Waals surface area contributed by atoms with E-state index in [0.717, 1.165) is 12.2 Å². The van der Waals surface area contributed by atoms with E-state index >= 15 is 0 Å². The number of benzene rings is 1. The van der Waals surface area contributed by atoms with E-state index in [1.807, 2.05) is 0 Å². The third-order valence-electron chi connectivity index (χ3n) is 4.35. The zero-order valence-electron chi connectivity index (χ0n) is 18.7. The van der Waals surface area contributed by atoms with E-state index in [4.69, 9.17) is 9.47 Å².